The highest BCUT2D eigenvalue weighted by Crippen LogP contribution is 2.27. The molecule has 1 aromatic rings. The first kappa shape index (κ1) is 8.02. The first-order valence-corrected chi connectivity index (χ1v) is 4.51. The highest BCUT2D eigenvalue weighted by molar-refractivity contribution is 6.30. The quantitative estimate of drug-likeness (QED) is 0.673. The molecule has 0 radical (unpaired) electrons. The third-order valence-electron chi connectivity index (χ3n) is 2.22. The molecular formula is C9H11ClN2. The number of halogens is 1. The summed E-state index contributed by atoms with van der Waals surface area (Å²) in [4.78, 5) is 4.20. The van der Waals surface area contributed by atoms with E-state index in [2.05, 4.69) is 16.4 Å². The van der Waals surface area contributed by atoms with Crippen LogP contribution >= 0.6 is 11.6 Å². The fraction of sp³-hybridized carbons (Fsp3) is 0.444. The molecule has 1 aliphatic rings. The zero-order valence-electron chi connectivity index (χ0n) is 6.97. The van der Waals surface area contributed by atoms with E-state index in [1.165, 1.54) is 6.42 Å². The smallest absolute Gasteiger partial charge is 0.134 e. The van der Waals surface area contributed by atoms with Gasteiger partial charge in [0.15, 0.2) is 0 Å². The summed E-state index contributed by atoms with van der Waals surface area (Å²) in [5, 5.41) is 3.94. The van der Waals surface area contributed by atoms with Gasteiger partial charge in [0.1, 0.15) is 5.15 Å². The summed E-state index contributed by atoms with van der Waals surface area (Å²) in [6.07, 6.45) is 1.17. The number of nitrogens with zero attached hydrogens (tertiary/aromatic N) is 1. The van der Waals surface area contributed by atoms with Gasteiger partial charge in [0.05, 0.1) is 0 Å². The van der Waals surface area contributed by atoms with Gasteiger partial charge in [0, 0.05) is 17.3 Å². The molecule has 1 unspecified atom stereocenters. The van der Waals surface area contributed by atoms with Gasteiger partial charge >= 0.3 is 0 Å². The molecule has 1 atom stereocenters. The van der Waals surface area contributed by atoms with Crippen molar-refractivity contribution in [2.75, 3.05) is 6.54 Å². The van der Waals surface area contributed by atoms with Crippen LogP contribution in [0.2, 0.25) is 5.15 Å². The first-order chi connectivity index (χ1) is 5.77. The van der Waals surface area contributed by atoms with Gasteiger partial charge in [0.2, 0.25) is 0 Å². The van der Waals surface area contributed by atoms with Crippen LogP contribution in [0.4, 0.5) is 0 Å². The van der Waals surface area contributed by atoms with Gasteiger partial charge in [-0.15, -0.1) is 0 Å². The van der Waals surface area contributed by atoms with Crippen molar-refractivity contribution in [3.8, 4) is 0 Å². The minimum Gasteiger partial charge on any atom is -0.310 e. The SMILES string of the molecule is Cc1ccc(C2CCN2)c(Cl)n1. The van der Waals surface area contributed by atoms with E-state index < -0.39 is 0 Å². The molecule has 1 saturated heterocycles. The average Bonchev–Trinajstić information content (AvgIpc) is 1.91. The van der Waals surface area contributed by atoms with E-state index in [1.807, 2.05) is 13.0 Å². The molecule has 1 fully saturated rings. The minimum absolute atomic E-state index is 0.436. The summed E-state index contributed by atoms with van der Waals surface area (Å²) >= 11 is 5.99. The Morgan fingerprint density at radius 2 is 2.33 bits per heavy atom. The highest BCUT2D eigenvalue weighted by atomic mass is 35.5. The molecular weight excluding hydrogens is 172 g/mol. The second-order valence-electron chi connectivity index (χ2n) is 3.13. The lowest BCUT2D eigenvalue weighted by Gasteiger charge is -2.28. The number of aryl methyl sites for hydroxylation is 1. The third kappa shape index (κ3) is 1.32. The van der Waals surface area contributed by atoms with Crippen LogP contribution < -0.4 is 5.32 Å². The molecule has 1 aliphatic heterocycles. The lowest BCUT2D eigenvalue weighted by Crippen LogP contribution is -2.35. The number of aromatic nitrogens is 1. The van der Waals surface area contributed by atoms with E-state index in [9.17, 15) is 0 Å². The van der Waals surface area contributed by atoms with Crippen molar-refractivity contribution in [2.24, 2.45) is 0 Å². The summed E-state index contributed by atoms with van der Waals surface area (Å²) in [6.45, 7) is 3.04. The van der Waals surface area contributed by atoms with E-state index in [4.69, 9.17) is 11.6 Å². The number of hydrogen-bond acceptors (Lipinski definition) is 2. The van der Waals surface area contributed by atoms with Crippen molar-refractivity contribution < 1.29 is 0 Å². The van der Waals surface area contributed by atoms with E-state index in [0.29, 0.717) is 11.2 Å². The first-order valence-electron chi connectivity index (χ1n) is 4.14. The Morgan fingerprint density at radius 1 is 1.58 bits per heavy atom. The predicted octanol–water partition coefficient (Wildman–Crippen LogP) is 2.08. The molecule has 1 aromatic heterocycles. The maximum absolute atomic E-state index is 5.99. The summed E-state index contributed by atoms with van der Waals surface area (Å²) in [5.74, 6) is 0. The summed E-state index contributed by atoms with van der Waals surface area (Å²) < 4.78 is 0. The van der Waals surface area contributed by atoms with Gasteiger partial charge in [-0.3, -0.25) is 0 Å². The fourth-order valence-corrected chi connectivity index (χ4v) is 1.68. The molecule has 64 valence electrons. The number of nitrogens with one attached hydrogen (secondary N) is 1. The van der Waals surface area contributed by atoms with E-state index in [0.717, 1.165) is 17.8 Å². The van der Waals surface area contributed by atoms with Crippen LogP contribution in [0.15, 0.2) is 12.1 Å². The number of rotatable bonds is 1. The average molecular weight is 183 g/mol. The van der Waals surface area contributed by atoms with Crippen LogP contribution in [0.3, 0.4) is 0 Å². The number of pyridine rings is 1. The van der Waals surface area contributed by atoms with Gasteiger partial charge in [-0.25, -0.2) is 4.98 Å². The zero-order chi connectivity index (χ0) is 8.55. The van der Waals surface area contributed by atoms with Crippen LogP contribution in [0.1, 0.15) is 23.7 Å². The highest BCUT2D eigenvalue weighted by Gasteiger charge is 2.21. The number of hydrogen-bond donors (Lipinski definition) is 1. The standard InChI is InChI=1S/C9H11ClN2/c1-6-2-3-7(9(10)12-6)8-4-5-11-8/h2-3,8,11H,4-5H2,1H3. The van der Waals surface area contributed by atoms with Crippen molar-refractivity contribution in [2.45, 2.75) is 19.4 Å². The van der Waals surface area contributed by atoms with Gasteiger partial charge in [-0.1, -0.05) is 17.7 Å². The Hall–Kier alpha value is -0.600. The van der Waals surface area contributed by atoms with Crippen molar-refractivity contribution in [3.05, 3.63) is 28.5 Å². The third-order valence-corrected chi connectivity index (χ3v) is 2.52. The van der Waals surface area contributed by atoms with Crippen LogP contribution in [0.5, 0.6) is 0 Å². The summed E-state index contributed by atoms with van der Waals surface area (Å²) in [7, 11) is 0. The summed E-state index contributed by atoms with van der Waals surface area (Å²) in [5.41, 5.74) is 2.11. The molecule has 0 bridgehead atoms. The van der Waals surface area contributed by atoms with E-state index in [1.54, 1.807) is 0 Å². The Balaban J connectivity index is 2.31. The second-order valence-corrected chi connectivity index (χ2v) is 3.49. The van der Waals surface area contributed by atoms with Gasteiger partial charge in [-0.05, 0) is 26.0 Å². The Morgan fingerprint density at radius 3 is 2.83 bits per heavy atom. The maximum atomic E-state index is 5.99. The Kier molecular flexibility index (Phi) is 2.03. The predicted molar refractivity (Wildman–Crippen MR) is 49.3 cm³/mol. The molecule has 2 nitrogen and oxygen atoms in total. The van der Waals surface area contributed by atoms with Crippen molar-refractivity contribution >= 4 is 11.6 Å². The van der Waals surface area contributed by atoms with Crippen LogP contribution in [-0.4, -0.2) is 11.5 Å². The monoisotopic (exact) mass is 182 g/mol. The Labute approximate surface area is 77.0 Å². The molecule has 3 heteroatoms. The van der Waals surface area contributed by atoms with E-state index >= 15 is 0 Å². The van der Waals surface area contributed by atoms with Gasteiger partial charge in [-0.2, -0.15) is 0 Å². The fourth-order valence-electron chi connectivity index (χ4n) is 1.35. The molecule has 12 heavy (non-hydrogen) atoms. The molecule has 1 N–H and O–H groups in total. The molecule has 0 aromatic carbocycles. The molecule has 0 spiro atoms. The largest absolute Gasteiger partial charge is 0.310 e. The van der Waals surface area contributed by atoms with Gasteiger partial charge in [0.25, 0.3) is 0 Å². The van der Waals surface area contributed by atoms with Crippen LogP contribution in [0, 0.1) is 6.92 Å². The van der Waals surface area contributed by atoms with Crippen molar-refractivity contribution in [3.63, 3.8) is 0 Å². The zero-order valence-corrected chi connectivity index (χ0v) is 7.73. The molecule has 0 saturated carbocycles. The molecule has 2 rings (SSSR count). The van der Waals surface area contributed by atoms with E-state index in [-0.39, 0.29) is 0 Å². The Bertz CT molecular complexity index is 295. The lowest BCUT2D eigenvalue weighted by molar-refractivity contribution is 0.382. The second kappa shape index (κ2) is 3.04. The molecule has 0 aliphatic carbocycles. The molecule has 2 heterocycles. The van der Waals surface area contributed by atoms with Crippen LogP contribution in [0.25, 0.3) is 0 Å². The lowest BCUT2D eigenvalue weighted by atomic mass is 9.99. The van der Waals surface area contributed by atoms with Crippen molar-refractivity contribution in [1.82, 2.24) is 10.3 Å². The summed E-state index contributed by atoms with van der Waals surface area (Å²) in [6, 6.07) is 4.49. The van der Waals surface area contributed by atoms with Gasteiger partial charge < -0.3 is 5.32 Å². The van der Waals surface area contributed by atoms with Crippen molar-refractivity contribution in [1.29, 1.82) is 0 Å². The molecule has 0 amide bonds. The normalized spacial score (nSPS) is 22.0. The maximum Gasteiger partial charge on any atom is 0.134 e. The minimum atomic E-state index is 0.436. The topological polar surface area (TPSA) is 24.9 Å². The van der Waals surface area contributed by atoms with Crippen LogP contribution in [-0.2, 0) is 0 Å².